The predicted octanol–water partition coefficient (Wildman–Crippen LogP) is 3.99. The van der Waals surface area contributed by atoms with Crippen molar-refractivity contribution in [2.75, 3.05) is 5.32 Å². The number of fused-ring (bicyclic) bond motifs is 1. The van der Waals surface area contributed by atoms with Crippen LogP contribution in [-0.2, 0) is 4.79 Å². The average molecular weight is 354 g/mol. The molecule has 0 aliphatic carbocycles. The zero-order chi connectivity index (χ0) is 19.1. The van der Waals surface area contributed by atoms with Crippen molar-refractivity contribution < 1.29 is 9.18 Å². The number of hydrogen-bond donors (Lipinski definition) is 3. The maximum Gasteiger partial charge on any atom is 0.241 e. The standard InChI is InChI=1S/C20H23FN4O/c1-11-9-16(25-19(26)17(22)20(2,3)4)15(21)10-14(11)12-5-7-23-18-13(12)6-8-24-18/h5-10,17H,22H2,1-4H3,(H,23,24)(H,25,26)/t17-/m0/s1. The number of nitrogens with one attached hydrogen (secondary N) is 2. The van der Waals surface area contributed by atoms with E-state index in [1.807, 2.05) is 39.8 Å². The fourth-order valence-electron chi connectivity index (χ4n) is 2.87. The van der Waals surface area contributed by atoms with E-state index >= 15 is 0 Å². The van der Waals surface area contributed by atoms with Gasteiger partial charge in [0.2, 0.25) is 5.91 Å². The molecule has 2 aromatic heterocycles. The molecule has 5 nitrogen and oxygen atoms in total. The number of hydrogen-bond acceptors (Lipinski definition) is 3. The number of aromatic nitrogens is 2. The van der Waals surface area contributed by atoms with E-state index in [1.54, 1.807) is 18.5 Å². The normalized spacial score (nSPS) is 13.0. The van der Waals surface area contributed by atoms with Crippen LogP contribution >= 0.6 is 0 Å². The summed E-state index contributed by atoms with van der Waals surface area (Å²) < 4.78 is 14.7. The molecule has 1 aromatic carbocycles. The molecule has 3 rings (SSSR count). The Labute approximate surface area is 151 Å². The van der Waals surface area contributed by atoms with Crippen LogP contribution < -0.4 is 11.1 Å². The third kappa shape index (κ3) is 3.32. The third-order valence-electron chi connectivity index (χ3n) is 4.54. The molecule has 6 heteroatoms. The van der Waals surface area contributed by atoms with Gasteiger partial charge >= 0.3 is 0 Å². The second kappa shape index (κ2) is 6.53. The van der Waals surface area contributed by atoms with Gasteiger partial charge < -0.3 is 16.0 Å². The van der Waals surface area contributed by atoms with E-state index in [0.717, 1.165) is 27.7 Å². The molecule has 1 atom stereocenters. The van der Waals surface area contributed by atoms with Gasteiger partial charge in [-0.1, -0.05) is 20.8 Å². The van der Waals surface area contributed by atoms with Gasteiger partial charge in [0, 0.05) is 17.8 Å². The average Bonchev–Trinajstić information content (AvgIpc) is 3.05. The lowest BCUT2D eigenvalue weighted by Gasteiger charge is -2.26. The highest BCUT2D eigenvalue weighted by Crippen LogP contribution is 2.32. The van der Waals surface area contributed by atoms with Crippen molar-refractivity contribution in [1.82, 2.24) is 9.97 Å². The number of aromatic amines is 1. The van der Waals surface area contributed by atoms with Gasteiger partial charge in [0.05, 0.1) is 11.7 Å². The van der Waals surface area contributed by atoms with Gasteiger partial charge in [-0.3, -0.25) is 4.79 Å². The van der Waals surface area contributed by atoms with Crippen molar-refractivity contribution >= 4 is 22.6 Å². The molecule has 0 spiro atoms. The highest BCUT2D eigenvalue weighted by molar-refractivity contribution is 5.97. The smallest absolute Gasteiger partial charge is 0.241 e. The number of nitrogens with zero attached hydrogens (tertiary/aromatic N) is 1. The van der Waals surface area contributed by atoms with E-state index in [2.05, 4.69) is 15.3 Å². The Morgan fingerprint density at radius 2 is 2.00 bits per heavy atom. The number of amides is 1. The molecule has 136 valence electrons. The van der Waals surface area contributed by atoms with Crippen molar-refractivity contribution in [2.24, 2.45) is 11.1 Å². The monoisotopic (exact) mass is 354 g/mol. The van der Waals surface area contributed by atoms with Crippen LogP contribution in [0.1, 0.15) is 26.3 Å². The van der Waals surface area contributed by atoms with Crippen molar-refractivity contribution in [3.8, 4) is 11.1 Å². The number of halogens is 1. The molecule has 2 heterocycles. The van der Waals surface area contributed by atoms with Gasteiger partial charge in [0.25, 0.3) is 0 Å². The van der Waals surface area contributed by atoms with Crippen molar-refractivity contribution in [3.05, 3.63) is 48.0 Å². The van der Waals surface area contributed by atoms with Crippen LogP contribution in [-0.4, -0.2) is 21.9 Å². The minimum Gasteiger partial charge on any atom is -0.346 e. The number of rotatable bonds is 3. The van der Waals surface area contributed by atoms with Crippen molar-refractivity contribution in [2.45, 2.75) is 33.7 Å². The molecule has 0 fully saturated rings. The first-order valence-corrected chi connectivity index (χ1v) is 8.47. The number of nitrogens with two attached hydrogens (primary N) is 1. The summed E-state index contributed by atoms with van der Waals surface area (Å²) in [7, 11) is 0. The fraction of sp³-hybridized carbons (Fsp3) is 0.300. The Hall–Kier alpha value is -2.73. The maximum absolute atomic E-state index is 14.7. The van der Waals surface area contributed by atoms with Crippen LogP contribution in [0.2, 0.25) is 0 Å². The zero-order valence-electron chi connectivity index (χ0n) is 15.4. The lowest BCUT2D eigenvalue weighted by Crippen LogP contribution is -2.45. The number of benzene rings is 1. The van der Waals surface area contributed by atoms with Crippen LogP contribution in [0.25, 0.3) is 22.2 Å². The molecule has 0 saturated heterocycles. The fourth-order valence-corrected chi connectivity index (χ4v) is 2.87. The Balaban J connectivity index is 1.97. The largest absolute Gasteiger partial charge is 0.346 e. The Bertz CT molecular complexity index is 972. The lowest BCUT2D eigenvalue weighted by molar-refractivity contribution is -0.119. The van der Waals surface area contributed by atoms with Gasteiger partial charge in [0.15, 0.2) is 0 Å². The first-order valence-electron chi connectivity index (χ1n) is 8.47. The molecule has 0 aliphatic heterocycles. The van der Waals surface area contributed by atoms with Crippen LogP contribution in [0.5, 0.6) is 0 Å². The van der Waals surface area contributed by atoms with Gasteiger partial charge in [-0.25, -0.2) is 9.37 Å². The topological polar surface area (TPSA) is 83.8 Å². The zero-order valence-corrected chi connectivity index (χ0v) is 15.4. The number of carbonyl (C=O) groups excluding carboxylic acids is 1. The van der Waals surface area contributed by atoms with Crippen molar-refractivity contribution in [1.29, 1.82) is 0 Å². The summed E-state index contributed by atoms with van der Waals surface area (Å²) in [4.78, 5) is 19.6. The molecule has 4 N–H and O–H groups in total. The van der Waals surface area contributed by atoms with E-state index < -0.39 is 23.2 Å². The minimum atomic E-state index is -0.735. The molecule has 0 aliphatic rings. The molecule has 0 unspecified atom stereocenters. The summed E-state index contributed by atoms with van der Waals surface area (Å²) in [6, 6.07) is 6.10. The number of anilines is 1. The number of H-pyrrole nitrogens is 1. The third-order valence-corrected chi connectivity index (χ3v) is 4.54. The molecule has 0 radical (unpaired) electrons. The van der Waals surface area contributed by atoms with Crippen LogP contribution in [0.3, 0.4) is 0 Å². The van der Waals surface area contributed by atoms with Gasteiger partial charge in [-0.2, -0.15) is 0 Å². The van der Waals surface area contributed by atoms with Crippen molar-refractivity contribution in [3.63, 3.8) is 0 Å². The highest BCUT2D eigenvalue weighted by atomic mass is 19.1. The van der Waals surface area contributed by atoms with Crippen LogP contribution in [0.15, 0.2) is 36.7 Å². The van der Waals surface area contributed by atoms with E-state index in [1.165, 1.54) is 6.07 Å². The van der Waals surface area contributed by atoms with E-state index in [9.17, 15) is 9.18 Å². The summed E-state index contributed by atoms with van der Waals surface area (Å²) in [5.41, 5.74) is 8.92. The van der Waals surface area contributed by atoms with Gasteiger partial charge in [0.1, 0.15) is 11.5 Å². The van der Waals surface area contributed by atoms with Gasteiger partial charge in [-0.05, 0) is 53.3 Å². The predicted molar refractivity (Wildman–Crippen MR) is 102 cm³/mol. The second-order valence-corrected chi connectivity index (χ2v) is 7.58. The molecule has 0 bridgehead atoms. The quantitative estimate of drug-likeness (QED) is 0.665. The number of aryl methyl sites for hydroxylation is 1. The Morgan fingerprint density at radius 1 is 1.27 bits per heavy atom. The maximum atomic E-state index is 14.7. The van der Waals surface area contributed by atoms with E-state index in [0.29, 0.717) is 0 Å². The molecule has 1 amide bonds. The van der Waals surface area contributed by atoms with Crippen LogP contribution in [0.4, 0.5) is 10.1 Å². The summed E-state index contributed by atoms with van der Waals surface area (Å²) in [5, 5.41) is 3.53. The van der Waals surface area contributed by atoms with Gasteiger partial charge in [-0.15, -0.1) is 0 Å². The summed E-state index contributed by atoms with van der Waals surface area (Å²) in [5.74, 6) is -0.902. The number of pyridine rings is 1. The lowest BCUT2D eigenvalue weighted by atomic mass is 9.87. The molecule has 3 aromatic rings. The summed E-state index contributed by atoms with van der Waals surface area (Å²) in [6.07, 6.45) is 3.49. The summed E-state index contributed by atoms with van der Waals surface area (Å²) in [6.45, 7) is 7.49. The first-order chi connectivity index (χ1) is 12.2. The highest BCUT2D eigenvalue weighted by Gasteiger charge is 2.28. The molecular formula is C20H23FN4O. The first kappa shape index (κ1) is 18.1. The van der Waals surface area contributed by atoms with E-state index in [4.69, 9.17) is 5.73 Å². The Kier molecular flexibility index (Phi) is 4.54. The molecular weight excluding hydrogens is 331 g/mol. The minimum absolute atomic E-state index is 0.135. The molecule has 0 saturated carbocycles. The SMILES string of the molecule is Cc1cc(NC(=O)[C@H](N)C(C)(C)C)c(F)cc1-c1ccnc2[nH]ccc12. The van der Waals surface area contributed by atoms with Crippen LogP contribution in [0, 0.1) is 18.2 Å². The second-order valence-electron chi connectivity index (χ2n) is 7.58. The van der Waals surface area contributed by atoms with E-state index in [-0.39, 0.29) is 5.69 Å². The molecule has 26 heavy (non-hydrogen) atoms. The Morgan fingerprint density at radius 3 is 2.69 bits per heavy atom. The summed E-state index contributed by atoms with van der Waals surface area (Å²) >= 11 is 0. The number of carbonyl (C=O) groups is 1.